The normalized spacial score (nSPS) is 14.5. The average molecular weight is 347 g/mol. The van der Waals surface area contributed by atoms with Crippen molar-refractivity contribution >= 4 is 27.8 Å². The molecule has 0 amide bonds. The summed E-state index contributed by atoms with van der Waals surface area (Å²) in [5.41, 5.74) is 0. The molecule has 1 aliphatic rings. The number of para-hydroxylation sites is 1. The zero-order chi connectivity index (χ0) is 14.7. The number of carbonyl (C=O) groups is 1. The standard InChI is InChI=1S/C17H15BrO3/c18-15-3-1-2-4-17(15)20-11-14-8-7-13(21-14)9-10-16(19)12-5-6-12/h1-4,7-10,12H,5-6,11H2/b10-9+. The first-order valence-electron chi connectivity index (χ1n) is 6.90. The van der Waals surface area contributed by atoms with Gasteiger partial charge < -0.3 is 9.15 Å². The van der Waals surface area contributed by atoms with Gasteiger partial charge in [-0.1, -0.05) is 12.1 Å². The summed E-state index contributed by atoms with van der Waals surface area (Å²) in [6.45, 7) is 0.354. The maximum Gasteiger partial charge on any atom is 0.158 e. The highest BCUT2D eigenvalue weighted by Gasteiger charge is 2.27. The number of furan rings is 1. The Kier molecular flexibility index (Phi) is 4.25. The number of benzene rings is 1. The number of ether oxygens (including phenoxy) is 1. The first-order valence-corrected chi connectivity index (χ1v) is 7.69. The van der Waals surface area contributed by atoms with Gasteiger partial charge in [-0.3, -0.25) is 4.79 Å². The summed E-state index contributed by atoms with van der Waals surface area (Å²) in [5, 5.41) is 0. The molecule has 108 valence electrons. The van der Waals surface area contributed by atoms with Crippen LogP contribution in [0.15, 0.2) is 51.4 Å². The molecule has 2 aromatic rings. The molecule has 0 radical (unpaired) electrons. The van der Waals surface area contributed by atoms with Gasteiger partial charge in [0.25, 0.3) is 0 Å². The van der Waals surface area contributed by atoms with Gasteiger partial charge in [-0.2, -0.15) is 0 Å². The van der Waals surface area contributed by atoms with Gasteiger partial charge in [0.05, 0.1) is 4.47 Å². The summed E-state index contributed by atoms with van der Waals surface area (Å²) >= 11 is 3.43. The molecule has 1 fully saturated rings. The molecule has 21 heavy (non-hydrogen) atoms. The van der Waals surface area contributed by atoms with Crippen molar-refractivity contribution in [2.75, 3.05) is 0 Å². The Balaban J connectivity index is 1.57. The van der Waals surface area contributed by atoms with E-state index in [0.717, 1.165) is 28.8 Å². The number of carbonyl (C=O) groups excluding carboxylic acids is 1. The lowest BCUT2D eigenvalue weighted by atomic mass is 10.2. The molecule has 4 heteroatoms. The average Bonchev–Trinajstić information content (AvgIpc) is 3.24. The van der Waals surface area contributed by atoms with Gasteiger partial charge in [-0.05, 0) is 65.2 Å². The zero-order valence-corrected chi connectivity index (χ0v) is 13.0. The molecule has 1 heterocycles. The molecule has 0 saturated heterocycles. The van der Waals surface area contributed by atoms with Crippen LogP contribution in [-0.4, -0.2) is 5.78 Å². The van der Waals surface area contributed by atoms with Crippen LogP contribution >= 0.6 is 15.9 Å². The minimum Gasteiger partial charge on any atom is -0.484 e. The first kappa shape index (κ1) is 14.1. The van der Waals surface area contributed by atoms with E-state index in [1.54, 1.807) is 12.2 Å². The van der Waals surface area contributed by atoms with Crippen LogP contribution in [0.1, 0.15) is 24.4 Å². The van der Waals surface area contributed by atoms with E-state index in [-0.39, 0.29) is 11.7 Å². The second kappa shape index (κ2) is 6.31. The lowest BCUT2D eigenvalue weighted by Crippen LogP contribution is -1.94. The van der Waals surface area contributed by atoms with Crippen molar-refractivity contribution in [2.24, 2.45) is 5.92 Å². The third-order valence-electron chi connectivity index (χ3n) is 3.28. The van der Waals surface area contributed by atoms with Gasteiger partial charge >= 0.3 is 0 Å². The number of rotatable bonds is 6. The summed E-state index contributed by atoms with van der Waals surface area (Å²) in [6, 6.07) is 11.4. The fourth-order valence-electron chi connectivity index (χ4n) is 1.94. The van der Waals surface area contributed by atoms with Crippen LogP contribution in [0.5, 0.6) is 5.75 Å². The molecular formula is C17H15BrO3. The van der Waals surface area contributed by atoms with Gasteiger partial charge in [-0.25, -0.2) is 0 Å². The van der Waals surface area contributed by atoms with Crippen molar-refractivity contribution in [1.29, 1.82) is 0 Å². The van der Waals surface area contributed by atoms with Crippen LogP contribution in [0.3, 0.4) is 0 Å². The van der Waals surface area contributed by atoms with Crippen molar-refractivity contribution in [3.63, 3.8) is 0 Å². The van der Waals surface area contributed by atoms with Gasteiger partial charge in [-0.15, -0.1) is 0 Å². The Morgan fingerprint density at radius 2 is 2.10 bits per heavy atom. The van der Waals surface area contributed by atoms with E-state index in [0.29, 0.717) is 12.4 Å². The number of hydrogen-bond donors (Lipinski definition) is 0. The van der Waals surface area contributed by atoms with E-state index in [2.05, 4.69) is 15.9 Å². The zero-order valence-electron chi connectivity index (χ0n) is 11.4. The van der Waals surface area contributed by atoms with Gasteiger partial charge in [0.15, 0.2) is 5.78 Å². The summed E-state index contributed by atoms with van der Waals surface area (Å²) in [6.07, 6.45) is 5.37. The molecule has 1 aromatic carbocycles. The lowest BCUT2D eigenvalue weighted by molar-refractivity contribution is -0.115. The molecule has 0 aliphatic heterocycles. The minimum atomic E-state index is 0.192. The predicted octanol–water partition coefficient (Wildman–Crippen LogP) is 4.61. The Bertz CT molecular complexity index is 668. The molecule has 0 spiro atoms. The lowest BCUT2D eigenvalue weighted by Gasteiger charge is -2.05. The largest absolute Gasteiger partial charge is 0.484 e. The maximum absolute atomic E-state index is 11.6. The molecular weight excluding hydrogens is 332 g/mol. The Hall–Kier alpha value is -1.81. The van der Waals surface area contributed by atoms with Gasteiger partial charge in [0, 0.05) is 5.92 Å². The third kappa shape index (κ3) is 3.85. The van der Waals surface area contributed by atoms with Crippen LogP contribution in [-0.2, 0) is 11.4 Å². The van der Waals surface area contributed by atoms with Crippen LogP contribution in [0.25, 0.3) is 6.08 Å². The van der Waals surface area contributed by atoms with Crippen LogP contribution < -0.4 is 4.74 Å². The fourth-order valence-corrected chi connectivity index (χ4v) is 2.34. The minimum absolute atomic E-state index is 0.192. The summed E-state index contributed by atoms with van der Waals surface area (Å²) in [4.78, 5) is 11.6. The molecule has 0 atom stereocenters. The van der Waals surface area contributed by atoms with Crippen molar-refractivity contribution in [2.45, 2.75) is 19.4 Å². The molecule has 1 saturated carbocycles. The Morgan fingerprint density at radius 3 is 2.86 bits per heavy atom. The van der Waals surface area contributed by atoms with Crippen molar-refractivity contribution in [1.82, 2.24) is 0 Å². The molecule has 1 aromatic heterocycles. The Labute approximate surface area is 131 Å². The Morgan fingerprint density at radius 1 is 1.29 bits per heavy atom. The summed E-state index contributed by atoms with van der Waals surface area (Å²) < 4.78 is 12.2. The van der Waals surface area contributed by atoms with Crippen LogP contribution in [0.4, 0.5) is 0 Å². The number of hydrogen-bond acceptors (Lipinski definition) is 3. The second-order valence-electron chi connectivity index (χ2n) is 5.03. The van der Waals surface area contributed by atoms with E-state index in [4.69, 9.17) is 9.15 Å². The number of allylic oxidation sites excluding steroid dienone is 1. The summed E-state index contributed by atoms with van der Waals surface area (Å²) in [5.74, 6) is 2.61. The predicted molar refractivity (Wildman–Crippen MR) is 83.9 cm³/mol. The van der Waals surface area contributed by atoms with Crippen LogP contribution in [0, 0.1) is 5.92 Å². The number of ketones is 1. The highest BCUT2D eigenvalue weighted by molar-refractivity contribution is 9.10. The molecule has 0 N–H and O–H groups in total. The highest BCUT2D eigenvalue weighted by Crippen LogP contribution is 2.30. The topological polar surface area (TPSA) is 39.4 Å². The molecule has 3 rings (SSSR count). The second-order valence-corrected chi connectivity index (χ2v) is 5.89. The molecule has 0 unspecified atom stereocenters. The van der Waals surface area contributed by atoms with E-state index in [1.165, 1.54) is 0 Å². The van der Waals surface area contributed by atoms with E-state index in [9.17, 15) is 4.79 Å². The molecule has 1 aliphatic carbocycles. The first-order chi connectivity index (χ1) is 10.2. The fraction of sp³-hybridized carbons (Fsp3) is 0.235. The monoisotopic (exact) mass is 346 g/mol. The number of halogens is 1. The van der Waals surface area contributed by atoms with E-state index >= 15 is 0 Å². The smallest absolute Gasteiger partial charge is 0.158 e. The van der Waals surface area contributed by atoms with Crippen molar-refractivity contribution in [3.8, 4) is 5.75 Å². The van der Waals surface area contributed by atoms with Gasteiger partial charge in [0.2, 0.25) is 0 Å². The quantitative estimate of drug-likeness (QED) is 0.716. The van der Waals surface area contributed by atoms with Crippen molar-refractivity contribution < 1.29 is 13.9 Å². The molecule has 3 nitrogen and oxygen atoms in total. The van der Waals surface area contributed by atoms with E-state index in [1.807, 2.05) is 36.4 Å². The SMILES string of the molecule is O=C(/C=C/c1ccc(COc2ccccc2Br)o1)C1CC1. The third-order valence-corrected chi connectivity index (χ3v) is 3.94. The highest BCUT2D eigenvalue weighted by atomic mass is 79.9. The van der Waals surface area contributed by atoms with Crippen molar-refractivity contribution in [3.05, 3.63) is 58.5 Å². The molecule has 0 bridgehead atoms. The summed E-state index contributed by atoms with van der Waals surface area (Å²) in [7, 11) is 0. The maximum atomic E-state index is 11.6. The van der Waals surface area contributed by atoms with Gasteiger partial charge in [0.1, 0.15) is 23.9 Å². The van der Waals surface area contributed by atoms with Crippen LogP contribution in [0.2, 0.25) is 0 Å². The van der Waals surface area contributed by atoms with E-state index < -0.39 is 0 Å².